The lowest BCUT2D eigenvalue weighted by molar-refractivity contribution is -0.136. The van der Waals surface area contributed by atoms with Crippen molar-refractivity contribution < 1.29 is 19.4 Å². The van der Waals surface area contributed by atoms with E-state index in [1.54, 1.807) is 18.4 Å². The fraction of sp³-hybridized carbons (Fsp3) is 0.542. The number of methoxy groups -OCH3 is 1. The van der Waals surface area contributed by atoms with Crippen LogP contribution in [0.3, 0.4) is 0 Å². The van der Waals surface area contributed by atoms with Crippen LogP contribution in [0.15, 0.2) is 35.7 Å². The number of ether oxygens (including phenoxy) is 2. The van der Waals surface area contributed by atoms with Gasteiger partial charge < -0.3 is 19.5 Å². The van der Waals surface area contributed by atoms with E-state index in [4.69, 9.17) is 9.47 Å². The van der Waals surface area contributed by atoms with Gasteiger partial charge in [-0.05, 0) is 55.3 Å². The second kappa shape index (κ2) is 10.1. The Morgan fingerprint density at radius 1 is 1.29 bits per heavy atom. The van der Waals surface area contributed by atoms with Crippen LogP contribution < -0.4 is 4.74 Å². The number of benzene rings is 1. The second-order valence-electron chi connectivity index (χ2n) is 8.55. The largest absolute Gasteiger partial charge is 0.491 e. The van der Waals surface area contributed by atoms with Crippen LogP contribution in [0.1, 0.15) is 34.9 Å². The van der Waals surface area contributed by atoms with Gasteiger partial charge in [0.05, 0.1) is 25.3 Å². The van der Waals surface area contributed by atoms with Gasteiger partial charge in [0, 0.05) is 31.1 Å². The summed E-state index contributed by atoms with van der Waals surface area (Å²) >= 11 is 1.76. The molecule has 31 heavy (non-hydrogen) atoms. The van der Waals surface area contributed by atoms with Gasteiger partial charge in [-0.15, -0.1) is 11.3 Å². The van der Waals surface area contributed by atoms with E-state index < -0.39 is 6.10 Å². The Morgan fingerprint density at radius 2 is 2.06 bits per heavy atom. The third kappa shape index (κ3) is 5.66. The van der Waals surface area contributed by atoms with E-state index in [0.717, 1.165) is 25.0 Å². The van der Waals surface area contributed by atoms with Crippen LogP contribution >= 0.6 is 11.3 Å². The Morgan fingerprint density at radius 3 is 2.77 bits per heavy atom. The lowest BCUT2D eigenvalue weighted by atomic mass is 10.0. The normalized spacial score (nSPS) is 19.4. The predicted molar refractivity (Wildman–Crippen MR) is 122 cm³/mol. The lowest BCUT2D eigenvalue weighted by Crippen LogP contribution is -2.48. The number of hydrogen-bond acceptors (Lipinski definition) is 6. The molecule has 2 aromatic rings. The zero-order valence-corrected chi connectivity index (χ0v) is 19.1. The van der Waals surface area contributed by atoms with Crippen molar-refractivity contribution in [2.24, 2.45) is 0 Å². The zero-order valence-electron chi connectivity index (χ0n) is 18.3. The molecule has 4 rings (SSSR count). The van der Waals surface area contributed by atoms with Crippen LogP contribution in [-0.4, -0.2) is 72.9 Å². The van der Waals surface area contributed by atoms with Gasteiger partial charge in [0.1, 0.15) is 12.4 Å². The van der Waals surface area contributed by atoms with Gasteiger partial charge in [0.25, 0.3) is 0 Å². The van der Waals surface area contributed by atoms with Crippen molar-refractivity contribution >= 4 is 17.2 Å². The standard InChI is InChI=1S/C24H32N2O4S/c1-17-3-7-20(8-4-17)30-16-22-21-10-12-31-23(21)9-11-26(22)24(28)14-25(18-5-6-18)13-19(27)15-29-2/h3-4,7-8,10,12,18-19,22,27H,5-6,9,11,13-16H2,1-2H3/t19-,22+/m1/s1. The number of rotatable bonds is 10. The summed E-state index contributed by atoms with van der Waals surface area (Å²) in [4.78, 5) is 18.8. The molecule has 168 valence electrons. The van der Waals surface area contributed by atoms with E-state index in [2.05, 4.69) is 23.3 Å². The Bertz CT molecular complexity index is 865. The number of hydrogen-bond donors (Lipinski definition) is 1. The Hall–Kier alpha value is -1.93. The number of aliphatic hydroxyl groups is 1. The predicted octanol–water partition coefficient (Wildman–Crippen LogP) is 3.03. The molecular formula is C24H32N2O4S. The van der Waals surface area contributed by atoms with Crippen molar-refractivity contribution in [3.63, 3.8) is 0 Å². The molecule has 1 N–H and O–H groups in total. The smallest absolute Gasteiger partial charge is 0.237 e. The topological polar surface area (TPSA) is 62.2 Å². The SMILES string of the molecule is COC[C@H](O)CN(CC(=O)N1CCc2sccc2[C@@H]1COc1ccc(C)cc1)C1CC1. The summed E-state index contributed by atoms with van der Waals surface area (Å²) < 4.78 is 11.2. The van der Waals surface area contributed by atoms with Gasteiger partial charge in [-0.3, -0.25) is 9.69 Å². The summed E-state index contributed by atoms with van der Waals surface area (Å²) in [5.41, 5.74) is 2.40. The minimum Gasteiger partial charge on any atom is -0.491 e. The lowest BCUT2D eigenvalue weighted by Gasteiger charge is -2.37. The van der Waals surface area contributed by atoms with E-state index in [1.165, 1.54) is 16.0 Å². The van der Waals surface area contributed by atoms with E-state index >= 15 is 0 Å². The molecule has 0 bridgehead atoms. The van der Waals surface area contributed by atoms with Gasteiger partial charge in [0.2, 0.25) is 5.91 Å². The zero-order chi connectivity index (χ0) is 21.8. The number of aryl methyl sites for hydroxylation is 1. The molecule has 0 radical (unpaired) electrons. The quantitative estimate of drug-likeness (QED) is 0.610. The van der Waals surface area contributed by atoms with Crippen molar-refractivity contribution in [3.8, 4) is 5.75 Å². The van der Waals surface area contributed by atoms with Crippen LogP contribution in [0, 0.1) is 6.92 Å². The summed E-state index contributed by atoms with van der Waals surface area (Å²) in [5.74, 6) is 0.925. The fourth-order valence-electron chi connectivity index (χ4n) is 4.25. The van der Waals surface area contributed by atoms with Crippen molar-refractivity contribution in [3.05, 3.63) is 51.7 Å². The summed E-state index contributed by atoms with van der Waals surface area (Å²) in [5, 5.41) is 12.3. The van der Waals surface area contributed by atoms with Crippen LogP contribution in [0.25, 0.3) is 0 Å². The van der Waals surface area contributed by atoms with Gasteiger partial charge in [-0.1, -0.05) is 17.7 Å². The first-order valence-corrected chi connectivity index (χ1v) is 11.9. The van der Waals surface area contributed by atoms with Crippen LogP contribution in [0.2, 0.25) is 0 Å². The number of amides is 1. The maximum absolute atomic E-state index is 13.4. The maximum atomic E-state index is 13.4. The Kier molecular flexibility index (Phi) is 7.27. The molecule has 1 aromatic carbocycles. The molecule has 1 fully saturated rings. The van der Waals surface area contributed by atoms with E-state index in [-0.39, 0.29) is 18.6 Å². The Labute approximate surface area is 188 Å². The first-order valence-electron chi connectivity index (χ1n) is 11.0. The van der Waals surface area contributed by atoms with Crippen molar-refractivity contribution in [2.45, 2.75) is 44.4 Å². The average molecular weight is 445 g/mol. The Balaban J connectivity index is 1.45. The van der Waals surface area contributed by atoms with Gasteiger partial charge in [0.15, 0.2) is 0 Å². The number of nitrogens with zero attached hydrogens (tertiary/aromatic N) is 2. The van der Waals surface area contributed by atoms with E-state index in [1.807, 2.05) is 29.2 Å². The molecule has 2 heterocycles. The highest BCUT2D eigenvalue weighted by atomic mass is 32.1. The third-order valence-electron chi connectivity index (χ3n) is 6.05. The minimum atomic E-state index is -0.580. The highest BCUT2D eigenvalue weighted by Crippen LogP contribution is 2.34. The van der Waals surface area contributed by atoms with Gasteiger partial charge in [-0.25, -0.2) is 0 Å². The summed E-state index contributed by atoms with van der Waals surface area (Å²) in [6, 6.07) is 10.5. The third-order valence-corrected chi connectivity index (χ3v) is 7.05. The molecule has 7 heteroatoms. The van der Waals surface area contributed by atoms with Gasteiger partial charge in [-0.2, -0.15) is 0 Å². The number of fused-ring (bicyclic) bond motifs is 1. The first kappa shape index (κ1) is 22.3. The number of thiophene rings is 1. The maximum Gasteiger partial charge on any atom is 0.237 e. The molecule has 6 nitrogen and oxygen atoms in total. The van der Waals surface area contributed by atoms with E-state index in [0.29, 0.717) is 32.3 Å². The van der Waals surface area contributed by atoms with Gasteiger partial charge >= 0.3 is 0 Å². The fourth-order valence-corrected chi connectivity index (χ4v) is 5.18. The molecule has 2 aliphatic rings. The van der Waals surface area contributed by atoms with Crippen LogP contribution in [-0.2, 0) is 16.0 Å². The molecule has 1 aromatic heterocycles. The molecule has 1 saturated carbocycles. The number of carbonyl (C=O) groups is 1. The molecule has 0 unspecified atom stereocenters. The highest BCUT2D eigenvalue weighted by Gasteiger charge is 2.36. The number of aliphatic hydroxyl groups excluding tert-OH is 1. The number of carbonyl (C=O) groups excluding carboxylic acids is 1. The molecule has 1 aliphatic carbocycles. The summed E-state index contributed by atoms with van der Waals surface area (Å²) in [6.07, 6.45) is 2.47. The van der Waals surface area contributed by atoms with Crippen molar-refractivity contribution in [1.29, 1.82) is 0 Å². The van der Waals surface area contributed by atoms with Crippen LogP contribution in [0.4, 0.5) is 0 Å². The molecule has 1 aliphatic heterocycles. The average Bonchev–Trinajstić information content (AvgIpc) is 3.49. The van der Waals surface area contributed by atoms with Crippen molar-refractivity contribution in [2.75, 3.05) is 40.0 Å². The minimum absolute atomic E-state index is 0.0891. The first-order chi connectivity index (χ1) is 15.0. The van der Waals surface area contributed by atoms with Crippen molar-refractivity contribution in [1.82, 2.24) is 9.80 Å². The molecule has 2 atom stereocenters. The molecule has 0 saturated heterocycles. The molecular weight excluding hydrogens is 412 g/mol. The molecule has 1 amide bonds. The summed E-state index contributed by atoms with van der Waals surface area (Å²) in [6.45, 7) is 4.27. The molecule has 0 spiro atoms. The van der Waals surface area contributed by atoms with Crippen LogP contribution in [0.5, 0.6) is 5.75 Å². The summed E-state index contributed by atoms with van der Waals surface area (Å²) in [7, 11) is 1.58. The monoisotopic (exact) mass is 444 g/mol. The second-order valence-corrected chi connectivity index (χ2v) is 9.55. The van der Waals surface area contributed by atoms with E-state index in [9.17, 15) is 9.90 Å². The highest BCUT2D eigenvalue weighted by molar-refractivity contribution is 7.10.